The summed E-state index contributed by atoms with van der Waals surface area (Å²) in [7, 11) is 1.34. The first-order valence-corrected chi connectivity index (χ1v) is 7.94. The van der Waals surface area contributed by atoms with Crippen LogP contribution in [0.25, 0.3) is 10.9 Å². The molecule has 5 heteroatoms. The number of carbonyl (C=O) groups excluding carboxylic acids is 2. The molecule has 0 aliphatic heterocycles. The second kappa shape index (κ2) is 7.31. The quantitative estimate of drug-likeness (QED) is 0.834. The summed E-state index contributed by atoms with van der Waals surface area (Å²) in [5.74, 6) is -0.387. The molecule has 0 spiro atoms. The number of methoxy groups -OCH3 is 1. The van der Waals surface area contributed by atoms with Gasteiger partial charge in [0, 0.05) is 17.4 Å². The lowest BCUT2D eigenvalue weighted by atomic mass is 10.0. The van der Waals surface area contributed by atoms with E-state index in [0.717, 1.165) is 10.9 Å². The third kappa shape index (κ3) is 3.73. The van der Waals surface area contributed by atoms with Gasteiger partial charge in [-0.1, -0.05) is 32.0 Å². The van der Waals surface area contributed by atoms with Gasteiger partial charge in [-0.2, -0.15) is 0 Å². The summed E-state index contributed by atoms with van der Waals surface area (Å²) in [6, 6.07) is 9.09. The minimum Gasteiger partial charge on any atom is -0.467 e. The van der Waals surface area contributed by atoms with Crippen LogP contribution in [0.3, 0.4) is 0 Å². The summed E-state index contributed by atoms with van der Waals surface area (Å²) in [6.07, 6.45) is 0.546. The molecule has 1 aromatic heterocycles. The van der Waals surface area contributed by atoms with Crippen molar-refractivity contribution in [1.29, 1.82) is 0 Å². The van der Waals surface area contributed by atoms with Crippen molar-refractivity contribution in [3.63, 3.8) is 0 Å². The molecule has 0 radical (unpaired) electrons. The van der Waals surface area contributed by atoms with Gasteiger partial charge in [-0.25, -0.2) is 4.79 Å². The Hall–Kier alpha value is -2.30. The van der Waals surface area contributed by atoms with Crippen molar-refractivity contribution in [2.45, 2.75) is 39.8 Å². The molecule has 1 unspecified atom stereocenters. The lowest BCUT2D eigenvalue weighted by Crippen LogP contribution is -2.43. The van der Waals surface area contributed by atoms with E-state index in [2.05, 4.69) is 5.32 Å². The van der Waals surface area contributed by atoms with Gasteiger partial charge in [0.05, 0.1) is 7.11 Å². The number of carbonyl (C=O) groups is 2. The van der Waals surface area contributed by atoms with Crippen LogP contribution in [0.4, 0.5) is 0 Å². The van der Waals surface area contributed by atoms with Crippen LogP contribution in [0.15, 0.2) is 30.3 Å². The molecule has 2 aromatic rings. The van der Waals surface area contributed by atoms with Crippen LogP contribution in [0.2, 0.25) is 0 Å². The number of hydrogen-bond acceptors (Lipinski definition) is 3. The number of para-hydroxylation sites is 1. The number of esters is 1. The summed E-state index contributed by atoms with van der Waals surface area (Å²) < 4.78 is 6.76. The van der Waals surface area contributed by atoms with Gasteiger partial charge in [0.2, 0.25) is 0 Å². The zero-order valence-corrected chi connectivity index (χ0v) is 14.1. The van der Waals surface area contributed by atoms with E-state index in [1.54, 1.807) is 0 Å². The zero-order chi connectivity index (χ0) is 17.0. The first-order chi connectivity index (χ1) is 11.0. The van der Waals surface area contributed by atoms with Crippen LogP contribution in [0, 0.1) is 5.92 Å². The molecule has 2 rings (SSSR count). The smallest absolute Gasteiger partial charge is 0.328 e. The Morgan fingerprint density at radius 3 is 2.57 bits per heavy atom. The van der Waals surface area contributed by atoms with Crippen LogP contribution in [-0.4, -0.2) is 29.6 Å². The van der Waals surface area contributed by atoms with Crippen molar-refractivity contribution >= 4 is 22.8 Å². The second-order valence-corrected chi connectivity index (χ2v) is 6.01. The van der Waals surface area contributed by atoms with E-state index in [1.165, 1.54) is 7.11 Å². The molecule has 1 amide bonds. The molecule has 0 saturated heterocycles. The molecule has 0 aliphatic rings. The highest BCUT2D eigenvalue weighted by Crippen LogP contribution is 2.20. The van der Waals surface area contributed by atoms with Crippen molar-refractivity contribution in [2.75, 3.05) is 7.11 Å². The van der Waals surface area contributed by atoms with E-state index < -0.39 is 12.0 Å². The topological polar surface area (TPSA) is 60.3 Å². The summed E-state index contributed by atoms with van der Waals surface area (Å²) >= 11 is 0. The fourth-order valence-electron chi connectivity index (χ4n) is 2.80. The number of hydrogen-bond donors (Lipinski definition) is 1. The van der Waals surface area contributed by atoms with Gasteiger partial charge in [-0.3, -0.25) is 4.79 Å². The largest absolute Gasteiger partial charge is 0.467 e. The van der Waals surface area contributed by atoms with Gasteiger partial charge in [-0.15, -0.1) is 0 Å². The van der Waals surface area contributed by atoms with Crippen molar-refractivity contribution < 1.29 is 14.3 Å². The monoisotopic (exact) mass is 316 g/mol. The maximum Gasteiger partial charge on any atom is 0.328 e. The molecule has 0 aliphatic carbocycles. The highest BCUT2D eigenvalue weighted by atomic mass is 16.5. The molecule has 23 heavy (non-hydrogen) atoms. The van der Waals surface area contributed by atoms with Gasteiger partial charge in [0.15, 0.2) is 0 Å². The SMILES string of the molecule is CCn1c(C(=O)NC(CC(C)C)C(=O)OC)cc2ccccc21. The molecule has 0 bridgehead atoms. The van der Waals surface area contributed by atoms with Crippen molar-refractivity contribution in [1.82, 2.24) is 9.88 Å². The third-order valence-corrected chi connectivity index (χ3v) is 3.86. The maximum atomic E-state index is 12.7. The molecule has 5 nitrogen and oxygen atoms in total. The number of rotatable bonds is 6. The molecule has 0 saturated carbocycles. The van der Waals surface area contributed by atoms with Gasteiger partial charge < -0.3 is 14.6 Å². The molecule has 1 heterocycles. The fraction of sp³-hybridized carbons (Fsp3) is 0.444. The lowest BCUT2D eigenvalue weighted by molar-refractivity contribution is -0.143. The van der Waals surface area contributed by atoms with E-state index >= 15 is 0 Å². The number of ether oxygens (including phenoxy) is 1. The molecule has 1 atom stereocenters. The number of benzene rings is 1. The number of nitrogens with zero attached hydrogens (tertiary/aromatic N) is 1. The Balaban J connectivity index is 2.30. The minimum absolute atomic E-state index is 0.251. The number of aryl methyl sites for hydroxylation is 1. The molecule has 124 valence electrons. The van der Waals surface area contributed by atoms with E-state index in [1.807, 2.05) is 55.7 Å². The first-order valence-electron chi connectivity index (χ1n) is 7.94. The Kier molecular flexibility index (Phi) is 5.42. The standard InChI is InChI=1S/C18H24N2O3/c1-5-20-15-9-7-6-8-13(15)11-16(20)17(21)19-14(10-12(2)3)18(22)23-4/h6-9,11-12,14H,5,10H2,1-4H3,(H,19,21). The van der Waals surface area contributed by atoms with Crippen molar-refractivity contribution in [3.8, 4) is 0 Å². The summed E-state index contributed by atoms with van der Waals surface area (Å²) in [6.45, 7) is 6.69. The van der Waals surface area contributed by atoms with Crippen molar-refractivity contribution in [3.05, 3.63) is 36.0 Å². The van der Waals surface area contributed by atoms with Gasteiger partial charge in [-0.05, 0) is 31.4 Å². The minimum atomic E-state index is -0.629. The summed E-state index contributed by atoms with van der Waals surface area (Å²) in [4.78, 5) is 24.6. The van der Waals surface area contributed by atoms with Gasteiger partial charge in [0.25, 0.3) is 5.91 Å². The van der Waals surface area contributed by atoms with E-state index in [0.29, 0.717) is 18.7 Å². The second-order valence-electron chi connectivity index (χ2n) is 6.01. The van der Waals surface area contributed by atoms with Gasteiger partial charge in [0.1, 0.15) is 11.7 Å². The third-order valence-electron chi connectivity index (χ3n) is 3.86. The van der Waals surface area contributed by atoms with E-state index in [-0.39, 0.29) is 11.8 Å². The zero-order valence-electron chi connectivity index (χ0n) is 14.1. The van der Waals surface area contributed by atoms with Crippen LogP contribution in [0.5, 0.6) is 0 Å². The first kappa shape index (κ1) is 17.1. The average molecular weight is 316 g/mol. The van der Waals surface area contributed by atoms with Crippen LogP contribution in [-0.2, 0) is 16.1 Å². The Bertz CT molecular complexity index is 703. The maximum absolute atomic E-state index is 12.7. The molecular formula is C18H24N2O3. The average Bonchev–Trinajstić information content (AvgIpc) is 2.91. The Morgan fingerprint density at radius 1 is 1.26 bits per heavy atom. The lowest BCUT2D eigenvalue weighted by Gasteiger charge is -2.18. The number of fused-ring (bicyclic) bond motifs is 1. The number of aromatic nitrogens is 1. The van der Waals surface area contributed by atoms with E-state index in [9.17, 15) is 9.59 Å². The molecule has 0 fully saturated rings. The van der Waals surface area contributed by atoms with Crippen molar-refractivity contribution in [2.24, 2.45) is 5.92 Å². The van der Waals surface area contributed by atoms with Crippen LogP contribution >= 0.6 is 0 Å². The number of nitrogens with one attached hydrogen (secondary N) is 1. The predicted octanol–water partition coefficient (Wildman–Crippen LogP) is 2.98. The number of amides is 1. The Labute approximate surface area is 136 Å². The fourth-order valence-corrected chi connectivity index (χ4v) is 2.80. The Morgan fingerprint density at radius 2 is 1.96 bits per heavy atom. The summed E-state index contributed by atoms with van der Waals surface area (Å²) in [5.41, 5.74) is 1.57. The predicted molar refractivity (Wildman–Crippen MR) is 90.3 cm³/mol. The van der Waals surface area contributed by atoms with Gasteiger partial charge >= 0.3 is 5.97 Å². The van der Waals surface area contributed by atoms with Crippen LogP contribution < -0.4 is 5.32 Å². The molecule has 1 N–H and O–H groups in total. The normalized spacial score (nSPS) is 12.4. The van der Waals surface area contributed by atoms with Crippen LogP contribution in [0.1, 0.15) is 37.7 Å². The highest BCUT2D eigenvalue weighted by Gasteiger charge is 2.24. The molecular weight excluding hydrogens is 292 g/mol. The summed E-state index contributed by atoms with van der Waals surface area (Å²) in [5, 5.41) is 3.83. The highest BCUT2D eigenvalue weighted by molar-refractivity contribution is 6.00. The molecule has 1 aromatic carbocycles. The van der Waals surface area contributed by atoms with E-state index in [4.69, 9.17) is 4.74 Å².